The minimum atomic E-state index is -0.674. The number of nitrogens with one attached hydrogen (secondary N) is 1. The van der Waals surface area contributed by atoms with Crippen LogP contribution < -0.4 is 15.8 Å². The van der Waals surface area contributed by atoms with Crippen LogP contribution in [-0.2, 0) is 4.79 Å². The molecular formula is C24H23N5O3. The summed E-state index contributed by atoms with van der Waals surface area (Å²) in [4.78, 5) is 20.4. The van der Waals surface area contributed by atoms with Gasteiger partial charge in [-0.2, -0.15) is 0 Å². The van der Waals surface area contributed by atoms with Crippen LogP contribution >= 0.6 is 0 Å². The number of nitrogens with two attached hydrogens (primary N) is 1. The fraction of sp³-hybridized carbons (Fsp3) is 0.208. The van der Waals surface area contributed by atoms with Gasteiger partial charge in [-0.25, -0.2) is 9.97 Å². The zero-order valence-electron chi connectivity index (χ0n) is 17.5. The third-order valence-corrected chi connectivity index (χ3v) is 5.79. The Kier molecular flexibility index (Phi) is 4.79. The van der Waals surface area contributed by atoms with Crippen molar-refractivity contribution in [2.45, 2.75) is 31.3 Å². The second kappa shape index (κ2) is 7.65. The molecule has 4 aromatic rings. The number of anilines is 2. The number of benzene rings is 2. The van der Waals surface area contributed by atoms with E-state index in [2.05, 4.69) is 10.3 Å². The summed E-state index contributed by atoms with van der Waals surface area (Å²) in [5.74, 6) is 2.50. The van der Waals surface area contributed by atoms with Crippen LogP contribution in [0.1, 0.15) is 31.5 Å². The minimum absolute atomic E-state index is 0.126. The van der Waals surface area contributed by atoms with Crippen LogP contribution in [0.3, 0.4) is 0 Å². The van der Waals surface area contributed by atoms with Gasteiger partial charge >= 0.3 is 0 Å². The number of aliphatic hydroxyl groups is 1. The minimum Gasteiger partial charge on any atom is -0.455 e. The smallest absolute Gasteiger partial charge is 0.211 e. The molecule has 1 saturated carbocycles. The van der Waals surface area contributed by atoms with E-state index in [1.165, 1.54) is 0 Å². The molecule has 1 amide bonds. The Hall–Kier alpha value is -3.91. The number of imidazole rings is 1. The lowest BCUT2D eigenvalue weighted by atomic mass is 9.72. The summed E-state index contributed by atoms with van der Waals surface area (Å²) in [7, 11) is 0. The van der Waals surface area contributed by atoms with E-state index in [9.17, 15) is 9.90 Å². The molecule has 32 heavy (non-hydrogen) atoms. The highest BCUT2D eigenvalue weighted by Crippen LogP contribution is 2.45. The van der Waals surface area contributed by atoms with Crippen molar-refractivity contribution in [1.82, 2.24) is 14.4 Å². The maximum absolute atomic E-state index is 11.3. The quantitative estimate of drug-likeness (QED) is 0.400. The lowest BCUT2D eigenvalue weighted by molar-refractivity contribution is -0.105. The zero-order chi connectivity index (χ0) is 22.3. The number of hydrogen-bond acceptors (Lipinski definition) is 6. The first-order chi connectivity index (χ1) is 15.4. The molecule has 1 aliphatic rings. The number of para-hydroxylation sites is 1. The molecule has 0 spiro atoms. The molecule has 2 heterocycles. The van der Waals surface area contributed by atoms with E-state index in [4.69, 9.17) is 15.5 Å². The standard InChI is InChI=1S/C24H23N5O3/c1-24(31)12-16(13-24)23-28-20(21-22(25)26-9-10-29(21)23)15-7-8-19(18(11-15)27-14-30)32-17-5-3-2-4-6-17/h2-11,14,16,31H,12-13H2,1H3,(H2,25,26)(H,27,30). The number of aromatic nitrogens is 3. The number of ether oxygens (including phenoxy) is 1. The molecule has 0 unspecified atom stereocenters. The molecule has 2 aromatic heterocycles. The van der Waals surface area contributed by atoms with Gasteiger partial charge in [0.2, 0.25) is 6.41 Å². The molecular weight excluding hydrogens is 406 g/mol. The van der Waals surface area contributed by atoms with Gasteiger partial charge in [0.25, 0.3) is 0 Å². The van der Waals surface area contributed by atoms with Crippen molar-refractivity contribution < 1.29 is 14.6 Å². The normalized spacial score (nSPS) is 20.0. The van der Waals surface area contributed by atoms with E-state index in [1.54, 1.807) is 12.3 Å². The van der Waals surface area contributed by atoms with Crippen molar-refractivity contribution in [3.05, 3.63) is 66.7 Å². The van der Waals surface area contributed by atoms with Gasteiger partial charge < -0.3 is 20.9 Å². The number of carbonyl (C=O) groups is 1. The van der Waals surface area contributed by atoms with E-state index in [0.29, 0.717) is 53.5 Å². The number of rotatable bonds is 6. The van der Waals surface area contributed by atoms with E-state index in [1.807, 2.05) is 60.0 Å². The molecule has 0 aliphatic heterocycles. The monoisotopic (exact) mass is 429 g/mol. The molecule has 0 atom stereocenters. The Bertz CT molecular complexity index is 1290. The Morgan fingerprint density at radius 3 is 2.75 bits per heavy atom. The van der Waals surface area contributed by atoms with E-state index >= 15 is 0 Å². The van der Waals surface area contributed by atoms with Crippen molar-refractivity contribution in [2.75, 3.05) is 11.1 Å². The average Bonchev–Trinajstić information content (AvgIpc) is 3.15. The van der Waals surface area contributed by atoms with Crippen LogP contribution in [0.15, 0.2) is 60.9 Å². The number of carbonyl (C=O) groups excluding carboxylic acids is 1. The molecule has 0 bridgehead atoms. The largest absolute Gasteiger partial charge is 0.455 e. The van der Waals surface area contributed by atoms with Crippen molar-refractivity contribution in [3.8, 4) is 22.8 Å². The number of nitrogens with zero attached hydrogens (tertiary/aromatic N) is 3. The SMILES string of the molecule is CC1(O)CC(c2nc(-c3ccc(Oc4ccccc4)c(NC=O)c3)c3c(N)nccn23)C1. The van der Waals surface area contributed by atoms with Crippen LogP contribution in [-0.4, -0.2) is 31.5 Å². The summed E-state index contributed by atoms with van der Waals surface area (Å²) in [6.45, 7) is 1.83. The zero-order valence-corrected chi connectivity index (χ0v) is 17.5. The highest BCUT2D eigenvalue weighted by atomic mass is 16.5. The first kappa shape index (κ1) is 20.0. The summed E-state index contributed by atoms with van der Waals surface area (Å²) in [5.41, 5.74) is 8.20. The Labute approximate surface area is 184 Å². The summed E-state index contributed by atoms with van der Waals surface area (Å²) in [6, 6.07) is 14.8. The third-order valence-electron chi connectivity index (χ3n) is 5.79. The summed E-state index contributed by atoms with van der Waals surface area (Å²) >= 11 is 0. The maximum atomic E-state index is 11.3. The first-order valence-electron chi connectivity index (χ1n) is 10.4. The fourth-order valence-electron chi connectivity index (χ4n) is 4.32. The topological polar surface area (TPSA) is 115 Å². The highest BCUT2D eigenvalue weighted by molar-refractivity contribution is 5.88. The van der Waals surface area contributed by atoms with Crippen LogP contribution in [0.25, 0.3) is 16.8 Å². The predicted molar refractivity (Wildman–Crippen MR) is 122 cm³/mol. The Morgan fingerprint density at radius 2 is 2.03 bits per heavy atom. The highest BCUT2D eigenvalue weighted by Gasteiger charge is 2.41. The van der Waals surface area contributed by atoms with Gasteiger partial charge in [-0.3, -0.25) is 9.20 Å². The van der Waals surface area contributed by atoms with Gasteiger partial charge in [0.1, 0.15) is 28.6 Å². The lowest BCUT2D eigenvalue weighted by Crippen LogP contribution is -2.40. The second-order valence-corrected chi connectivity index (χ2v) is 8.34. The lowest BCUT2D eigenvalue weighted by Gasteiger charge is -2.40. The van der Waals surface area contributed by atoms with Crippen molar-refractivity contribution >= 4 is 23.4 Å². The van der Waals surface area contributed by atoms with Crippen LogP contribution in [0.4, 0.5) is 11.5 Å². The van der Waals surface area contributed by atoms with Crippen molar-refractivity contribution in [2.24, 2.45) is 0 Å². The first-order valence-corrected chi connectivity index (χ1v) is 10.4. The van der Waals surface area contributed by atoms with Crippen LogP contribution in [0, 0.1) is 0 Å². The van der Waals surface area contributed by atoms with E-state index in [-0.39, 0.29) is 5.92 Å². The molecule has 4 N–H and O–H groups in total. The molecule has 8 heteroatoms. The molecule has 1 aliphatic carbocycles. The van der Waals surface area contributed by atoms with Crippen molar-refractivity contribution in [3.63, 3.8) is 0 Å². The van der Waals surface area contributed by atoms with Crippen LogP contribution in [0.5, 0.6) is 11.5 Å². The number of hydrogen-bond donors (Lipinski definition) is 3. The molecule has 162 valence electrons. The van der Waals surface area contributed by atoms with E-state index in [0.717, 1.165) is 11.4 Å². The van der Waals surface area contributed by atoms with E-state index < -0.39 is 5.60 Å². The number of amides is 1. The molecule has 0 saturated heterocycles. The van der Waals surface area contributed by atoms with Gasteiger partial charge in [-0.05, 0) is 50.1 Å². The molecule has 5 rings (SSSR count). The summed E-state index contributed by atoms with van der Waals surface area (Å²) in [5, 5.41) is 12.9. The fourth-order valence-corrected chi connectivity index (χ4v) is 4.32. The Balaban J connectivity index is 1.59. The van der Waals surface area contributed by atoms with Crippen molar-refractivity contribution in [1.29, 1.82) is 0 Å². The van der Waals surface area contributed by atoms with Gasteiger partial charge in [-0.15, -0.1) is 0 Å². The molecule has 8 nitrogen and oxygen atoms in total. The molecule has 2 aromatic carbocycles. The van der Waals surface area contributed by atoms with Gasteiger partial charge in [0.05, 0.1) is 11.3 Å². The molecule has 0 radical (unpaired) electrons. The number of fused-ring (bicyclic) bond motifs is 1. The maximum Gasteiger partial charge on any atom is 0.211 e. The molecule has 1 fully saturated rings. The van der Waals surface area contributed by atoms with Gasteiger partial charge in [0.15, 0.2) is 5.75 Å². The van der Waals surface area contributed by atoms with Gasteiger partial charge in [-0.1, -0.05) is 18.2 Å². The average molecular weight is 429 g/mol. The summed E-state index contributed by atoms with van der Waals surface area (Å²) < 4.78 is 7.89. The van der Waals surface area contributed by atoms with Gasteiger partial charge in [0, 0.05) is 23.9 Å². The predicted octanol–water partition coefficient (Wildman–Crippen LogP) is 3.97. The third kappa shape index (κ3) is 3.54. The van der Waals surface area contributed by atoms with Crippen LogP contribution in [0.2, 0.25) is 0 Å². The second-order valence-electron chi connectivity index (χ2n) is 8.34. The summed E-state index contributed by atoms with van der Waals surface area (Å²) in [6.07, 6.45) is 5.36. The Morgan fingerprint density at radius 1 is 1.25 bits per heavy atom. The number of nitrogen functional groups attached to an aromatic ring is 1.